The van der Waals surface area contributed by atoms with E-state index in [2.05, 4.69) is 50.3 Å². The molecule has 0 aliphatic rings. The minimum atomic E-state index is -1.13. The molecule has 0 aromatic rings. The molecule has 61 heavy (non-hydrogen) atoms. The van der Waals surface area contributed by atoms with E-state index >= 15 is 0 Å². The Morgan fingerprint density at radius 1 is 0.492 bits per heavy atom. The van der Waals surface area contributed by atoms with Gasteiger partial charge in [-0.05, 0) is 57.8 Å². The largest absolute Gasteiger partial charge is 0.544 e. The number of ether oxygens (including phenoxy) is 3. The van der Waals surface area contributed by atoms with E-state index in [0.717, 1.165) is 64.2 Å². The quantitative estimate of drug-likeness (QED) is 0.0198. The summed E-state index contributed by atoms with van der Waals surface area (Å²) in [4.78, 5) is 37.0. The highest BCUT2D eigenvalue weighted by atomic mass is 16.6. The number of carbonyl (C=O) groups is 3. The zero-order valence-electron chi connectivity index (χ0n) is 39.8. The molecule has 0 bridgehead atoms. The van der Waals surface area contributed by atoms with Crippen LogP contribution in [0.25, 0.3) is 0 Å². The van der Waals surface area contributed by atoms with Gasteiger partial charge < -0.3 is 28.6 Å². The van der Waals surface area contributed by atoms with Gasteiger partial charge in [-0.1, -0.05) is 189 Å². The molecule has 8 heteroatoms. The standard InChI is InChI=1S/C53H91NO7/c1-6-8-10-12-14-16-18-20-22-24-26-28-30-32-34-36-38-40-42-44-52(56)61-49(47-59-46-45-50(53(57)58)54(3,4)5)48-60-51(55)43-41-39-37-35-33-31-29-27-25-23-21-19-17-15-13-11-9-7-2/h11,13,15,17,19,21,23-27,29,49-50H,6-10,12,14,16,18,20,22,28,30-48H2,1-5H3/b13-11+,17-15+,21-19+,25-23+,26-24+,29-27+. The predicted octanol–water partition coefficient (Wildman–Crippen LogP) is 12.6. The molecule has 0 rings (SSSR count). The number of carbonyl (C=O) groups excluding carboxylic acids is 3. The summed E-state index contributed by atoms with van der Waals surface area (Å²) in [6.45, 7) is 4.55. The molecule has 2 unspecified atom stereocenters. The van der Waals surface area contributed by atoms with E-state index in [-0.39, 0.29) is 42.7 Å². The van der Waals surface area contributed by atoms with Gasteiger partial charge in [0.05, 0.1) is 40.3 Å². The monoisotopic (exact) mass is 854 g/mol. The number of hydrogen-bond donors (Lipinski definition) is 0. The van der Waals surface area contributed by atoms with Gasteiger partial charge in [-0.15, -0.1) is 0 Å². The minimum absolute atomic E-state index is 0.0274. The predicted molar refractivity (Wildman–Crippen MR) is 254 cm³/mol. The molecule has 0 fully saturated rings. The summed E-state index contributed by atoms with van der Waals surface area (Å²) < 4.78 is 17.2. The van der Waals surface area contributed by atoms with Crippen LogP contribution in [0.3, 0.4) is 0 Å². The normalized spacial score (nSPS) is 13.5. The molecule has 0 aromatic heterocycles. The maximum atomic E-state index is 12.8. The first-order valence-corrected chi connectivity index (χ1v) is 24.5. The number of aliphatic carboxylic acids is 1. The van der Waals surface area contributed by atoms with Gasteiger partial charge in [0.25, 0.3) is 0 Å². The van der Waals surface area contributed by atoms with Crippen molar-refractivity contribution in [2.75, 3.05) is 41.0 Å². The van der Waals surface area contributed by atoms with E-state index in [4.69, 9.17) is 14.2 Å². The summed E-state index contributed by atoms with van der Waals surface area (Å²) >= 11 is 0. The second-order valence-electron chi connectivity index (χ2n) is 17.5. The van der Waals surface area contributed by atoms with E-state index in [1.165, 1.54) is 96.3 Å². The van der Waals surface area contributed by atoms with Crippen molar-refractivity contribution < 1.29 is 38.2 Å². The fourth-order valence-corrected chi connectivity index (χ4v) is 6.86. The Kier molecular flexibility index (Phi) is 41.1. The van der Waals surface area contributed by atoms with Gasteiger partial charge in [-0.3, -0.25) is 9.59 Å². The molecule has 0 radical (unpaired) electrons. The summed E-state index contributed by atoms with van der Waals surface area (Å²) in [5.41, 5.74) is 0. The number of hydrogen-bond acceptors (Lipinski definition) is 7. The Bertz CT molecular complexity index is 1230. The molecule has 2 atom stereocenters. The Morgan fingerprint density at radius 3 is 1.39 bits per heavy atom. The SMILES string of the molecule is CCC/C=C/C=C/C=C/C=C/C=C/CCCCCCCC(=O)OCC(COCCC(C(=O)[O-])[N+](C)(C)C)OC(=O)CCCCCCCCC/C=C/CCCCCCCCCC. The first-order valence-electron chi connectivity index (χ1n) is 24.5. The zero-order chi connectivity index (χ0) is 44.9. The highest BCUT2D eigenvalue weighted by Crippen LogP contribution is 2.14. The van der Waals surface area contributed by atoms with Crippen LogP contribution in [0.5, 0.6) is 0 Å². The van der Waals surface area contributed by atoms with Crippen molar-refractivity contribution in [2.24, 2.45) is 0 Å². The summed E-state index contributed by atoms with van der Waals surface area (Å²) in [6, 6.07) is -0.734. The van der Waals surface area contributed by atoms with Crippen LogP contribution in [0.15, 0.2) is 72.9 Å². The summed E-state index contributed by atoms with van der Waals surface area (Å²) in [6.07, 6.45) is 54.9. The molecule has 0 aliphatic carbocycles. The van der Waals surface area contributed by atoms with Crippen LogP contribution in [0.1, 0.15) is 194 Å². The lowest BCUT2D eigenvalue weighted by atomic mass is 10.1. The molecule has 0 saturated carbocycles. The van der Waals surface area contributed by atoms with E-state index in [1.54, 1.807) is 21.1 Å². The number of allylic oxidation sites excluding steroid dienone is 12. The topological polar surface area (TPSA) is 102 Å². The fraction of sp³-hybridized carbons (Fsp3) is 0.717. The van der Waals surface area contributed by atoms with Crippen LogP contribution in [0.4, 0.5) is 0 Å². The molecule has 0 spiro atoms. The second kappa shape index (κ2) is 43.4. The lowest BCUT2D eigenvalue weighted by Crippen LogP contribution is -2.55. The number of quaternary nitrogens is 1. The van der Waals surface area contributed by atoms with Crippen LogP contribution in [0.2, 0.25) is 0 Å². The first-order chi connectivity index (χ1) is 29.6. The molecule has 0 heterocycles. The van der Waals surface area contributed by atoms with Crippen molar-refractivity contribution in [3.05, 3.63) is 72.9 Å². The Balaban J connectivity index is 4.35. The third-order valence-electron chi connectivity index (χ3n) is 10.7. The number of carboxylic acids is 1. The maximum Gasteiger partial charge on any atom is 0.306 e. The van der Waals surface area contributed by atoms with E-state index < -0.39 is 18.1 Å². The smallest absolute Gasteiger partial charge is 0.306 e. The van der Waals surface area contributed by atoms with Gasteiger partial charge in [0.15, 0.2) is 6.10 Å². The third kappa shape index (κ3) is 41.9. The molecule has 0 amide bonds. The van der Waals surface area contributed by atoms with Crippen molar-refractivity contribution in [3.63, 3.8) is 0 Å². The van der Waals surface area contributed by atoms with Crippen molar-refractivity contribution in [1.29, 1.82) is 0 Å². The molecule has 350 valence electrons. The lowest BCUT2D eigenvalue weighted by molar-refractivity contribution is -0.889. The van der Waals surface area contributed by atoms with Crippen molar-refractivity contribution in [3.8, 4) is 0 Å². The van der Waals surface area contributed by atoms with Crippen LogP contribution in [-0.2, 0) is 28.6 Å². The number of esters is 2. The Hall–Kier alpha value is -3.23. The summed E-state index contributed by atoms with van der Waals surface area (Å²) in [5, 5.41) is 11.7. The average Bonchev–Trinajstić information content (AvgIpc) is 3.22. The first kappa shape index (κ1) is 57.8. The number of rotatable bonds is 43. The van der Waals surface area contributed by atoms with E-state index in [9.17, 15) is 19.5 Å². The average molecular weight is 854 g/mol. The third-order valence-corrected chi connectivity index (χ3v) is 10.7. The van der Waals surface area contributed by atoms with Crippen molar-refractivity contribution in [1.82, 2.24) is 0 Å². The van der Waals surface area contributed by atoms with Crippen LogP contribution in [0, 0.1) is 0 Å². The van der Waals surface area contributed by atoms with Gasteiger partial charge in [0.2, 0.25) is 0 Å². The number of likely N-dealkylation sites (N-methyl/N-ethyl adjacent to an activating group) is 1. The van der Waals surface area contributed by atoms with Crippen molar-refractivity contribution in [2.45, 2.75) is 206 Å². The molecular weight excluding hydrogens is 763 g/mol. The lowest BCUT2D eigenvalue weighted by Gasteiger charge is -2.34. The Labute approximate surface area is 374 Å². The molecule has 8 nitrogen and oxygen atoms in total. The highest BCUT2D eigenvalue weighted by Gasteiger charge is 2.25. The summed E-state index contributed by atoms with van der Waals surface area (Å²) in [7, 11) is 5.40. The zero-order valence-corrected chi connectivity index (χ0v) is 39.8. The molecular formula is C53H91NO7. The maximum absolute atomic E-state index is 12.8. The van der Waals surface area contributed by atoms with Gasteiger partial charge in [0, 0.05) is 19.3 Å². The molecule has 0 aliphatic heterocycles. The Morgan fingerprint density at radius 2 is 0.918 bits per heavy atom. The number of carboxylic acid groups (broad SMARTS) is 1. The van der Waals surface area contributed by atoms with Crippen LogP contribution < -0.4 is 5.11 Å². The molecule has 0 N–H and O–H groups in total. The highest BCUT2D eigenvalue weighted by molar-refractivity contribution is 5.70. The number of nitrogens with zero attached hydrogens (tertiary/aromatic N) is 1. The van der Waals surface area contributed by atoms with Crippen molar-refractivity contribution >= 4 is 17.9 Å². The van der Waals surface area contributed by atoms with E-state index in [0.29, 0.717) is 12.8 Å². The molecule has 0 aromatic carbocycles. The van der Waals surface area contributed by atoms with Crippen LogP contribution >= 0.6 is 0 Å². The van der Waals surface area contributed by atoms with Gasteiger partial charge >= 0.3 is 11.9 Å². The van der Waals surface area contributed by atoms with E-state index in [1.807, 2.05) is 36.5 Å². The van der Waals surface area contributed by atoms with Gasteiger partial charge in [0.1, 0.15) is 12.6 Å². The molecule has 0 saturated heterocycles. The van der Waals surface area contributed by atoms with Gasteiger partial charge in [-0.2, -0.15) is 0 Å². The van der Waals surface area contributed by atoms with Gasteiger partial charge in [-0.25, -0.2) is 0 Å². The van der Waals surface area contributed by atoms with Crippen LogP contribution in [-0.4, -0.2) is 75.5 Å². The number of unbranched alkanes of at least 4 members (excludes halogenated alkanes) is 21. The second-order valence-corrected chi connectivity index (χ2v) is 17.5. The summed E-state index contributed by atoms with van der Waals surface area (Å²) in [5.74, 6) is -1.78. The minimum Gasteiger partial charge on any atom is -0.544 e. The fourth-order valence-electron chi connectivity index (χ4n) is 6.86.